The molecular weight excluding hydrogens is 264 g/mol. The van der Waals surface area contributed by atoms with Crippen LogP contribution in [0.2, 0.25) is 0 Å². The summed E-state index contributed by atoms with van der Waals surface area (Å²) < 4.78 is 7.32. The summed E-state index contributed by atoms with van der Waals surface area (Å²) in [5.74, 6) is 2.82. The Hall–Kier alpha value is -1.88. The Balaban J connectivity index is 2.24. The number of aromatic nitrogens is 3. The molecular formula is C16H24N4O. The molecule has 0 aliphatic carbocycles. The standard InChI is InChI=1S/C16H24N4O/c1-5-15-18-16(6-2)20(19-15)11-14(17-3)12-8-7-9-13(10-12)21-4/h7-10,14,17H,5-6,11H2,1-4H3. The average Bonchev–Trinajstić information content (AvgIpc) is 2.94. The molecule has 2 aromatic rings. The molecule has 0 bridgehead atoms. The van der Waals surface area contributed by atoms with Crippen LogP contribution in [0.25, 0.3) is 0 Å². The number of hydrogen-bond acceptors (Lipinski definition) is 4. The maximum atomic E-state index is 5.30. The van der Waals surface area contributed by atoms with E-state index in [0.29, 0.717) is 0 Å². The maximum absolute atomic E-state index is 5.30. The summed E-state index contributed by atoms with van der Waals surface area (Å²) >= 11 is 0. The number of rotatable bonds is 7. The van der Waals surface area contributed by atoms with E-state index in [1.54, 1.807) is 7.11 Å². The molecule has 1 aromatic heterocycles. The van der Waals surface area contributed by atoms with Crippen molar-refractivity contribution in [2.24, 2.45) is 0 Å². The van der Waals surface area contributed by atoms with Gasteiger partial charge in [-0.1, -0.05) is 26.0 Å². The van der Waals surface area contributed by atoms with Gasteiger partial charge in [0, 0.05) is 12.8 Å². The van der Waals surface area contributed by atoms with E-state index in [-0.39, 0.29) is 6.04 Å². The number of benzene rings is 1. The highest BCUT2D eigenvalue weighted by Crippen LogP contribution is 2.20. The molecule has 2 rings (SSSR count). The SMILES string of the molecule is CCc1nc(CC)n(CC(NC)c2cccc(OC)c2)n1. The third kappa shape index (κ3) is 3.61. The molecule has 0 aliphatic rings. The van der Waals surface area contributed by atoms with E-state index in [1.165, 1.54) is 5.56 Å². The van der Waals surface area contributed by atoms with Crippen LogP contribution >= 0.6 is 0 Å². The predicted octanol–water partition coefficient (Wildman–Crippen LogP) is 2.37. The molecule has 5 nitrogen and oxygen atoms in total. The zero-order chi connectivity index (χ0) is 15.2. The molecule has 0 spiro atoms. The minimum atomic E-state index is 0.178. The molecule has 1 N–H and O–H groups in total. The van der Waals surface area contributed by atoms with Crippen LogP contribution in [0.15, 0.2) is 24.3 Å². The van der Waals surface area contributed by atoms with E-state index in [9.17, 15) is 0 Å². The zero-order valence-corrected chi connectivity index (χ0v) is 13.3. The monoisotopic (exact) mass is 288 g/mol. The number of methoxy groups -OCH3 is 1. The first-order valence-corrected chi connectivity index (χ1v) is 7.45. The predicted molar refractivity (Wildman–Crippen MR) is 83.6 cm³/mol. The fourth-order valence-corrected chi connectivity index (χ4v) is 2.38. The molecule has 1 unspecified atom stereocenters. The van der Waals surface area contributed by atoms with Gasteiger partial charge in [0.05, 0.1) is 19.7 Å². The molecule has 1 atom stereocenters. The van der Waals surface area contributed by atoms with Crippen LogP contribution in [-0.4, -0.2) is 28.9 Å². The second-order valence-electron chi connectivity index (χ2n) is 4.95. The molecule has 0 radical (unpaired) electrons. The van der Waals surface area contributed by atoms with Crippen molar-refractivity contribution in [2.45, 2.75) is 39.3 Å². The van der Waals surface area contributed by atoms with Crippen LogP contribution in [-0.2, 0) is 19.4 Å². The minimum absolute atomic E-state index is 0.178. The topological polar surface area (TPSA) is 52.0 Å². The maximum Gasteiger partial charge on any atom is 0.150 e. The molecule has 21 heavy (non-hydrogen) atoms. The third-order valence-corrected chi connectivity index (χ3v) is 3.62. The Morgan fingerprint density at radius 3 is 2.71 bits per heavy atom. The Morgan fingerprint density at radius 1 is 1.29 bits per heavy atom. The summed E-state index contributed by atoms with van der Waals surface area (Å²) in [4.78, 5) is 4.56. The average molecular weight is 288 g/mol. The molecule has 5 heteroatoms. The van der Waals surface area contributed by atoms with Gasteiger partial charge in [-0.2, -0.15) is 5.10 Å². The van der Waals surface area contributed by atoms with E-state index < -0.39 is 0 Å². The summed E-state index contributed by atoms with van der Waals surface area (Å²) in [6.07, 6.45) is 1.75. The number of nitrogens with one attached hydrogen (secondary N) is 1. The lowest BCUT2D eigenvalue weighted by Gasteiger charge is -2.18. The van der Waals surface area contributed by atoms with Gasteiger partial charge in [-0.3, -0.25) is 0 Å². The van der Waals surface area contributed by atoms with Crippen molar-refractivity contribution < 1.29 is 4.74 Å². The van der Waals surface area contributed by atoms with Gasteiger partial charge < -0.3 is 10.1 Å². The van der Waals surface area contributed by atoms with Crippen molar-refractivity contribution in [3.63, 3.8) is 0 Å². The molecule has 0 amide bonds. The highest BCUT2D eigenvalue weighted by atomic mass is 16.5. The van der Waals surface area contributed by atoms with Gasteiger partial charge >= 0.3 is 0 Å². The normalized spacial score (nSPS) is 12.4. The largest absolute Gasteiger partial charge is 0.497 e. The fourth-order valence-electron chi connectivity index (χ4n) is 2.38. The summed E-state index contributed by atoms with van der Waals surface area (Å²) in [6, 6.07) is 8.31. The van der Waals surface area contributed by atoms with Gasteiger partial charge in [0.2, 0.25) is 0 Å². The number of ether oxygens (including phenoxy) is 1. The van der Waals surface area contributed by atoms with Gasteiger partial charge in [0.15, 0.2) is 5.82 Å². The van der Waals surface area contributed by atoms with Gasteiger partial charge in [-0.15, -0.1) is 0 Å². The lowest BCUT2D eigenvalue weighted by atomic mass is 10.1. The summed E-state index contributed by atoms with van der Waals surface area (Å²) in [5, 5.41) is 7.94. The van der Waals surface area contributed by atoms with Crippen LogP contribution in [0.5, 0.6) is 5.75 Å². The molecule has 1 aromatic carbocycles. The quantitative estimate of drug-likeness (QED) is 0.850. The minimum Gasteiger partial charge on any atom is -0.497 e. The van der Waals surface area contributed by atoms with Gasteiger partial charge in [-0.25, -0.2) is 9.67 Å². The van der Waals surface area contributed by atoms with Crippen LogP contribution in [0.4, 0.5) is 0 Å². The van der Waals surface area contributed by atoms with E-state index in [4.69, 9.17) is 4.74 Å². The first-order chi connectivity index (χ1) is 10.2. The first-order valence-electron chi connectivity index (χ1n) is 7.45. The number of nitrogens with zero attached hydrogens (tertiary/aromatic N) is 3. The van der Waals surface area contributed by atoms with Crippen molar-refractivity contribution in [1.29, 1.82) is 0 Å². The number of likely N-dealkylation sites (N-methyl/N-ethyl adjacent to an activating group) is 1. The second-order valence-corrected chi connectivity index (χ2v) is 4.95. The Bertz CT molecular complexity index is 579. The molecule has 114 valence electrons. The van der Waals surface area contributed by atoms with Crippen molar-refractivity contribution in [2.75, 3.05) is 14.2 Å². The Kier molecular flexibility index (Phi) is 5.33. The van der Waals surface area contributed by atoms with Gasteiger partial charge in [-0.05, 0) is 24.7 Å². The summed E-state index contributed by atoms with van der Waals surface area (Å²) in [6.45, 7) is 4.95. The first kappa shape index (κ1) is 15.5. The lowest BCUT2D eigenvalue weighted by molar-refractivity contribution is 0.410. The Morgan fingerprint density at radius 2 is 2.10 bits per heavy atom. The molecule has 0 saturated carbocycles. The second kappa shape index (κ2) is 7.22. The van der Waals surface area contributed by atoms with E-state index >= 15 is 0 Å². The zero-order valence-electron chi connectivity index (χ0n) is 13.3. The van der Waals surface area contributed by atoms with Gasteiger partial charge in [0.25, 0.3) is 0 Å². The van der Waals surface area contributed by atoms with Crippen molar-refractivity contribution in [3.05, 3.63) is 41.5 Å². The molecule has 0 fully saturated rings. The highest BCUT2D eigenvalue weighted by Gasteiger charge is 2.15. The van der Waals surface area contributed by atoms with Crippen molar-refractivity contribution in [3.8, 4) is 5.75 Å². The van der Waals surface area contributed by atoms with E-state index in [1.807, 2.05) is 23.9 Å². The van der Waals surface area contributed by atoms with Crippen molar-refractivity contribution in [1.82, 2.24) is 20.1 Å². The van der Waals surface area contributed by atoms with E-state index in [0.717, 1.165) is 36.8 Å². The summed E-state index contributed by atoms with van der Waals surface area (Å²) in [7, 11) is 3.65. The summed E-state index contributed by atoms with van der Waals surface area (Å²) in [5.41, 5.74) is 1.19. The molecule has 0 aliphatic heterocycles. The number of hydrogen-bond donors (Lipinski definition) is 1. The van der Waals surface area contributed by atoms with Crippen LogP contribution in [0, 0.1) is 0 Å². The molecule has 0 saturated heterocycles. The van der Waals surface area contributed by atoms with Crippen LogP contribution in [0.3, 0.4) is 0 Å². The third-order valence-electron chi connectivity index (χ3n) is 3.62. The Labute approximate surface area is 126 Å². The van der Waals surface area contributed by atoms with E-state index in [2.05, 4.69) is 41.4 Å². The lowest BCUT2D eigenvalue weighted by Crippen LogP contribution is -2.23. The highest BCUT2D eigenvalue weighted by molar-refractivity contribution is 5.30. The fraction of sp³-hybridized carbons (Fsp3) is 0.500. The van der Waals surface area contributed by atoms with Crippen molar-refractivity contribution >= 4 is 0 Å². The van der Waals surface area contributed by atoms with Gasteiger partial charge in [0.1, 0.15) is 11.6 Å². The molecule has 1 heterocycles. The van der Waals surface area contributed by atoms with Crippen LogP contribution in [0.1, 0.15) is 37.1 Å². The number of aryl methyl sites for hydroxylation is 2. The van der Waals surface area contributed by atoms with Crippen LogP contribution < -0.4 is 10.1 Å². The smallest absolute Gasteiger partial charge is 0.150 e.